The number of rotatable bonds is 12. The van der Waals surface area contributed by atoms with Crippen molar-refractivity contribution in [3.8, 4) is 17.4 Å². The minimum atomic E-state index is -0.151. The monoisotopic (exact) mass is 495 g/mol. The van der Waals surface area contributed by atoms with Crippen molar-refractivity contribution in [3.63, 3.8) is 0 Å². The van der Waals surface area contributed by atoms with Gasteiger partial charge in [-0.1, -0.05) is 33.1 Å². The third-order valence-electron chi connectivity index (χ3n) is 6.69. The minimum absolute atomic E-state index is 0.0333. The van der Waals surface area contributed by atoms with Gasteiger partial charge in [0.05, 0.1) is 24.9 Å². The molecule has 0 saturated heterocycles. The molecule has 4 rings (SSSR count). The molecule has 194 valence electrons. The molecule has 3 aromatic rings. The third-order valence-corrected chi connectivity index (χ3v) is 6.69. The molecule has 1 fully saturated rings. The van der Waals surface area contributed by atoms with Crippen LogP contribution in [0.4, 0.5) is 0 Å². The van der Waals surface area contributed by atoms with Gasteiger partial charge in [0, 0.05) is 17.7 Å². The van der Waals surface area contributed by atoms with Crippen molar-refractivity contribution < 1.29 is 23.7 Å². The molecule has 9 heteroatoms. The van der Waals surface area contributed by atoms with Crippen LogP contribution < -0.4 is 29.6 Å². The van der Waals surface area contributed by atoms with E-state index in [0.29, 0.717) is 47.7 Å². The second kappa shape index (κ2) is 12.1. The number of ether oxygens (including phenoxy) is 3. The van der Waals surface area contributed by atoms with Crippen LogP contribution in [0.3, 0.4) is 0 Å². The summed E-state index contributed by atoms with van der Waals surface area (Å²) in [6.07, 6.45) is 8.00. The molecule has 1 saturated carbocycles. The van der Waals surface area contributed by atoms with E-state index in [-0.39, 0.29) is 24.1 Å². The van der Waals surface area contributed by atoms with E-state index in [1.54, 1.807) is 24.3 Å². The summed E-state index contributed by atoms with van der Waals surface area (Å²) >= 11 is 0. The number of benzene rings is 1. The van der Waals surface area contributed by atoms with Gasteiger partial charge in [0.25, 0.3) is 0 Å². The minimum Gasteiger partial charge on any atom is -0.494 e. The summed E-state index contributed by atoms with van der Waals surface area (Å²) in [5.74, 6) is 2.09. The fraction of sp³-hybridized carbons (Fsp3) is 0.556. The lowest BCUT2D eigenvalue weighted by molar-refractivity contribution is -0.721. The van der Waals surface area contributed by atoms with Crippen molar-refractivity contribution in [2.24, 2.45) is 5.92 Å². The average molecular weight is 496 g/mol. The zero-order valence-corrected chi connectivity index (χ0v) is 21.5. The second-order valence-electron chi connectivity index (χ2n) is 9.34. The molecule has 36 heavy (non-hydrogen) atoms. The summed E-state index contributed by atoms with van der Waals surface area (Å²) in [5, 5.41) is 16.9. The van der Waals surface area contributed by atoms with E-state index in [2.05, 4.69) is 24.0 Å². The maximum Gasteiger partial charge on any atom is 0.219 e. The quantitative estimate of drug-likeness (QED) is 0.302. The Labute approximate surface area is 211 Å². The third kappa shape index (κ3) is 6.25. The molecule has 1 aromatic carbocycles. The molecule has 0 bridgehead atoms. The Balaban J connectivity index is 1.52. The SMILES string of the molecule is CCOc1cc(OCC2CCCCC2)cc(C(=O)C[n+]2[n-]c(=N)n3nc(OC(CC)CC)ccc32)c1. The van der Waals surface area contributed by atoms with Gasteiger partial charge in [-0.3, -0.25) is 9.31 Å². The number of carbonyl (C=O) groups excluding carboxylic acids is 1. The Hall–Kier alpha value is -3.36. The van der Waals surface area contributed by atoms with Crippen LogP contribution in [-0.2, 0) is 6.54 Å². The average Bonchev–Trinajstić information content (AvgIpc) is 3.20. The highest BCUT2D eigenvalue weighted by Crippen LogP contribution is 2.27. The molecule has 9 nitrogen and oxygen atoms in total. The van der Waals surface area contributed by atoms with Crippen molar-refractivity contribution in [1.82, 2.24) is 14.7 Å². The predicted molar refractivity (Wildman–Crippen MR) is 134 cm³/mol. The molecule has 0 spiro atoms. The van der Waals surface area contributed by atoms with E-state index >= 15 is 0 Å². The topological polar surface area (TPSA) is 104 Å². The van der Waals surface area contributed by atoms with Gasteiger partial charge in [0.1, 0.15) is 11.5 Å². The molecule has 2 aromatic heterocycles. The van der Waals surface area contributed by atoms with Gasteiger partial charge in [0.2, 0.25) is 11.7 Å². The van der Waals surface area contributed by atoms with E-state index in [4.69, 9.17) is 19.6 Å². The van der Waals surface area contributed by atoms with E-state index < -0.39 is 0 Å². The van der Waals surface area contributed by atoms with Crippen LogP contribution in [0.1, 0.15) is 76.1 Å². The van der Waals surface area contributed by atoms with Gasteiger partial charge in [-0.15, -0.1) is 0 Å². The van der Waals surface area contributed by atoms with E-state index in [9.17, 15) is 4.79 Å². The predicted octanol–water partition coefficient (Wildman–Crippen LogP) is 3.87. The first kappa shape index (κ1) is 25.7. The van der Waals surface area contributed by atoms with Crippen molar-refractivity contribution in [2.45, 2.75) is 78.4 Å². The molecule has 0 amide bonds. The molecule has 0 atom stereocenters. The first-order valence-corrected chi connectivity index (χ1v) is 13.1. The van der Waals surface area contributed by atoms with Crippen molar-refractivity contribution >= 4 is 11.4 Å². The lowest BCUT2D eigenvalue weighted by Gasteiger charge is -2.22. The Morgan fingerprint density at radius 2 is 1.83 bits per heavy atom. The molecular formula is C27H37N5O4. The van der Waals surface area contributed by atoms with Crippen molar-refractivity contribution in [3.05, 3.63) is 41.5 Å². The van der Waals surface area contributed by atoms with Crippen LogP contribution in [0.5, 0.6) is 17.4 Å². The summed E-state index contributed by atoms with van der Waals surface area (Å²) in [6, 6.07) is 8.88. The van der Waals surface area contributed by atoms with Gasteiger partial charge in [-0.25, -0.2) is 9.78 Å². The second-order valence-corrected chi connectivity index (χ2v) is 9.34. The maximum absolute atomic E-state index is 13.3. The smallest absolute Gasteiger partial charge is 0.219 e. The lowest BCUT2D eigenvalue weighted by atomic mass is 9.90. The molecular weight excluding hydrogens is 458 g/mol. The van der Waals surface area contributed by atoms with Crippen LogP contribution >= 0.6 is 0 Å². The summed E-state index contributed by atoms with van der Waals surface area (Å²) in [4.78, 5) is 13.3. The van der Waals surface area contributed by atoms with Gasteiger partial charge in [-0.2, -0.15) is 5.10 Å². The Morgan fingerprint density at radius 3 is 2.53 bits per heavy atom. The number of Topliss-reactive ketones (excluding diaryl/α,β-unsaturated/α-hetero) is 1. The number of hydrogen-bond donors (Lipinski definition) is 1. The summed E-state index contributed by atoms with van der Waals surface area (Å²) in [6.45, 7) is 7.15. The Kier molecular flexibility index (Phi) is 8.61. The van der Waals surface area contributed by atoms with Crippen LogP contribution in [0.15, 0.2) is 30.3 Å². The van der Waals surface area contributed by atoms with Gasteiger partial charge >= 0.3 is 0 Å². The van der Waals surface area contributed by atoms with Gasteiger partial charge in [0.15, 0.2) is 12.2 Å². The van der Waals surface area contributed by atoms with Gasteiger partial charge < -0.3 is 19.6 Å². The highest BCUT2D eigenvalue weighted by molar-refractivity contribution is 5.96. The van der Waals surface area contributed by atoms with Crippen LogP contribution in [0, 0.1) is 11.3 Å². The highest BCUT2D eigenvalue weighted by Gasteiger charge is 2.18. The van der Waals surface area contributed by atoms with E-state index in [1.807, 2.05) is 13.0 Å². The molecule has 0 radical (unpaired) electrons. The zero-order valence-electron chi connectivity index (χ0n) is 21.5. The van der Waals surface area contributed by atoms with Crippen molar-refractivity contribution in [2.75, 3.05) is 13.2 Å². The first-order chi connectivity index (χ1) is 17.5. The molecule has 2 heterocycles. The van der Waals surface area contributed by atoms with Crippen LogP contribution in [0.2, 0.25) is 0 Å². The number of carbonyl (C=O) groups is 1. The number of ketones is 1. The number of nitrogens with zero attached hydrogens (tertiary/aromatic N) is 4. The summed E-state index contributed by atoms with van der Waals surface area (Å²) in [5.41, 5.74) is 0.966. The molecule has 1 N–H and O–H groups in total. The Bertz CT molecular complexity index is 1220. The summed E-state index contributed by atoms with van der Waals surface area (Å²) in [7, 11) is 0. The fourth-order valence-corrected chi connectivity index (χ4v) is 4.63. The molecule has 1 aliphatic rings. The molecule has 0 unspecified atom stereocenters. The van der Waals surface area contributed by atoms with Crippen molar-refractivity contribution in [1.29, 1.82) is 5.41 Å². The lowest BCUT2D eigenvalue weighted by Crippen LogP contribution is -2.43. The Morgan fingerprint density at radius 1 is 1.11 bits per heavy atom. The van der Waals surface area contributed by atoms with Crippen LogP contribution in [0.25, 0.3) is 5.65 Å². The van der Waals surface area contributed by atoms with Crippen LogP contribution in [-0.4, -0.2) is 34.7 Å². The summed E-state index contributed by atoms with van der Waals surface area (Å²) < 4.78 is 20.6. The first-order valence-electron chi connectivity index (χ1n) is 13.1. The number of aromatic nitrogens is 4. The zero-order chi connectivity index (χ0) is 25.5. The van der Waals surface area contributed by atoms with E-state index in [1.165, 1.54) is 41.3 Å². The van der Waals surface area contributed by atoms with Gasteiger partial charge in [-0.05, 0) is 56.7 Å². The fourth-order valence-electron chi connectivity index (χ4n) is 4.63. The number of hydrogen-bond acceptors (Lipinski definition) is 6. The number of nitrogens with one attached hydrogen (secondary N) is 1. The molecule has 0 aliphatic heterocycles. The molecule has 1 aliphatic carbocycles. The highest BCUT2D eigenvalue weighted by atomic mass is 16.5. The number of fused-ring (bicyclic) bond motifs is 1. The van der Waals surface area contributed by atoms with E-state index in [0.717, 1.165) is 12.8 Å². The standard InChI is InChI=1S/C27H37N5O4/c1-4-21(5-2)36-25-12-13-26-31(30-27(28)32(26)29-25)17-24(33)20-14-22(34-6-3)16-23(15-20)35-18-19-10-8-7-9-11-19/h12-16,19,21,28H,4-11,17-18H2,1-3H3. The normalized spacial score (nSPS) is 14.3. The maximum atomic E-state index is 13.3. The largest absolute Gasteiger partial charge is 0.494 e.